The van der Waals surface area contributed by atoms with Crippen LogP contribution in [0, 0.1) is 44.3 Å². The predicted molar refractivity (Wildman–Crippen MR) is 131 cm³/mol. The summed E-state index contributed by atoms with van der Waals surface area (Å²) in [6.45, 7) is 18.0. The van der Waals surface area contributed by atoms with Crippen molar-refractivity contribution in [3.63, 3.8) is 0 Å². The Labute approximate surface area is 191 Å². The van der Waals surface area contributed by atoms with E-state index in [4.69, 9.17) is 0 Å². The molecule has 0 radical (unpaired) electrons. The Bertz CT molecular complexity index is 875. The molecule has 0 aromatic carbocycles. The van der Waals surface area contributed by atoms with Crippen LogP contribution in [0.15, 0.2) is 35.5 Å². The monoisotopic (exact) mass is 422 g/mol. The van der Waals surface area contributed by atoms with Gasteiger partial charge in [0.25, 0.3) is 0 Å². The van der Waals surface area contributed by atoms with Crippen LogP contribution in [0.3, 0.4) is 0 Å². The van der Waals surface area contributed by atoms with Gasteiger partial charge in [0, 0.05) is 6.61 Å². The summed E-state index contributed by atoms with van der Waals surface area (Å²) in [5, 5.41) is 10.2. The number of hydrogen-bond donors (Lipinski definition) is 1. The highest BCUT2D eigenvalue weighted by Gasteiger charge is 2.64. The van der Waals surface area contributed by atoms with Crippen molar-refractivity contribution in [3.05, 3.63) is 35.5 Å². The molecule has 1 heteroatoms. The highest BCUT2D eigenvalue weighted by atomic mass is 16.3. The van der Waals surface area contributed by atoms with E-state index in [1.165, 1.54) is 44.9 Å². The van der Waals surface area contributed by atoms with Crippen molar-refractivity contribution in [2.24, 2.45) is 44.3 Å². The lowest BCUT2D eigenvalue weighted by Gasteiger charge is -2.67. The topological polar surface area (TPSA) is 20.2 Å². The smallest absolute Gasteiger partial charge is 0.0484 e. The second-order valence-corrected chi connectivity index (χ2v) is 14.2. The molecule has 2 unspecified atom stereocenters. The average Bonchev–Trinajstić information content (AvgIpc) is 2.69. The SMILES string of the molecule is CC1(C)C=CC[C@]2(C)C3=CC=C4C5C[C@@](C)(CO)CC[C@]5(C)CC[C@@]4(C)[C@]3(C)CCC12. The van der Waals surface area contributed by atoms with Crippen LogP contribution in [0.25, 0.3) is 0 Å². The van der Waals surface area contributed by atoms with Crippen LogP contribution in [0.5, 0.6) is 0 Å². The fourth-order valence-corrected chi connectivity index (χ4v) is 9.48. The van der Waals surface area contributed by atoms with Gasteiger partial charge in [-0.15, -0.1) is 0 Å². The van der Waals surface area contributed by atoms with E-state index in [0.29, 0.717) is 17.9 Å². The van der Waals surface area contributed by atoms with Crippen LogP contribution >= 0.6 is 0 Å². The first-order chi connectivity index (χ1) is 14.3. The van der Waals surface area contributed by atoms with Gasteiger partial charge in [0.1, 0.15) is 0 Å². The normalized spacial score (nSPS) is 52.8. The predicted octanol–water partition coefficient (Wildman–Crippen LogP) is 7.87. The number of allylic oxidation sites excluding steroid dienone is 6. The highest BCUT2D eigenvalue weighted by Crippen LogP contribution is 2.74. The number of fused-ring (bicyclic) bond motifs is 7. The lowest BCUT2D eigenvalue weighted by atomic mass is 9.37. The summed E-state index contributed by atoms with van der Waals surface area (Å²) in [5.74, 6) is 1.36. The molecule has 0 aromatic heterocycles. The van der Waals surface area contributed by atoms with Crippen LogP contribution in [0.4, 0.5) is 0 Å². The number of rotatable bonds is 1. The lowest BCUT2D eigenvalue weighted by molar-refractivity contribution is -0.0714. The second-order valence-electron chi connectivity index (χ2n) is 14.2. The van der Waals surface area contributed by atoms with E-state index in [-0.39, 0.29) is 27.1 Å². The fourth-order valence-electron chi connectivity index (χ4n) is 9.48. The molecule has 0 saturated heterocycles. The molecule has 5 rings (SSSR count). The quantitative estimate of drug-likeness (QED) is 0.426. The zero-order valence-electron chi connectivity index (χ0n) is 21.3. The summed E-state index contributed by atoms with van der Waals surface area (Å²) in [7, 11) is 0. The van der Waals surface area contributed by atoms with Crippen molar-refractivity contribution < 1.29 is 5.11 Å². The van der Waals surface area contributed by atoms with Crippen molar-refractivity contribution in [1.82, 2.24) is 0 Å². The van der Waals surface area contributed by atoms with Gasteiger partial charge >= 0.3 is 0 Å². The van der Waals surface area contributed by atoms with E-state index < -0.39 is 0 Å². The molecule has 1 N–H and O–H groups in total. The summed E-state index contributed by atoms with van der Waals surface area (Å²) in [6, 6.07) is 0. The van der Waals surface area contributed by atoms with E-state index in [9.17, 15) is 5.11 Å². The van der Waals surface area contributed by atoms with Crippen molar-refractivity contribution in [2.75, 3.05) is 6.61 Å². The van der Waals surface area contributed by atoms with Gasteiger partial charge in [0.05, 0.1) is 0 Å². The van der Waals surface area contributed by atoms with E-state index in [0.717, 1.165) is 12.3 Å². The average molecular weight is 423 g/mol. The second kappa shape index (κ2) is 6.40. The molecule has 172 valence electrons. The molecule has 7 atom stereocenters. The van der Waals surface area contributed by atoms with Gasteiger partial charge < -0.3 is 5.11 Å². The Morgan fingerprint density at radius 2 is 1.58 bits per heavy atom. The van der Waals surface area contributed by atoms with Crippen LogP contribution < -0.4 is 0 Å². The third-order valence-electron chi connectivity index (χ3n) is 12.0. The van der Waals surface area contributed by atoms with Gasteiger partial charge in [-0.2, -0.15) is 0 Å². The molecule has 0 spiro atoms. The van der Waals surface area contributed by atoms with Crippen LogP contribution in [-0.2, 0) is 0 Å². The van der Waals surface area contributed by atoms with E-state index in [2.05, 4.69) is 72.8 Å². The zero-order chi connectivity index (χ0) is 22.5. The maximum Gasteiger partial charge on any atom is 0.0484 e. The molecule has 5 aliphatic carbocycles. The molecule has 3 fully saturated rings. The van der Waals surface area contributed by atoms with Crippen LogP contribution in [0.2, 0.25) is 0 Å². The maximum absolute atomic E-state index is 10.2. The summed E-state index contributed by atoms with van der Waals surface area (Å²) in [6.07, 6.45) is 20.4. The van der Waals surface area contributed by atoms with Gasteiger partial charge in [0.15, 0.2) is 0 Å². The number of aliphatic hydroxyl groups excluding tert-OH is 1. The van der Waals surface area contributed by atoms with Gasteiger partial charge in [-0.1, -0.05) is 83.9 Å². The van der Waals surface area contributed by atoms with Crippen molar-refractivity contribution >= 4 is 0 Å². The van der Waals surface area contributed by atoms with Crippen LogP contribution in [0.1, 0.15) is 99.8 Å². The van der Waals surface area contributed by atoms with E-state index in [1.54, 1.807) is 11.1 Å². The van der Waals surface area contributed by atoms with Gasteiger partial charge in [-0.25, -0.2) is 0 Å². The maximum atomic E-state index is 10.2. The van der Waals surface area contributed by atoms with Crippen molar-refractivity contribution in [1.29, 1.82) is 0 Å². The summed E-state index contributed by atoms with van der Waals surface area (Å²) in [4.78, 5) is 0. The molecule has 0 bridgehead atoms. The summed E-state index contributed by atoms with van der Waals surface area (Å²) < 4.78 is 0. The molecule has 0 amide bonds. The van der Waals surface area contributed by atoms with Gasteiger partial charge in [-0.3, -0.25) is 0 Å². The molecule has 3 saturated carbocycles. The fraction of sp³-hybridized carbons (Fsp3) is 0.800. The Kier molecular flexibility index (Phi) is 4.54. The Balaban J connectivity index is 1.63. The Morgan fingerprint density at radius 1 is 0.871 bits per heavy atom. The van der Waals surface area contributed by atoms with E-state index >= 15 is 0 Å². The van der Waals surface area contributed by atoms with Gasteiger partial charge in [-0.05, 0) is 95.7 Å². The minimum atomic E-state index is 0.0932. The minimum Gasteiger partial charge on any atom is -0.396 e. The Morgan fingerprint density at radius 3 is 2.29 bits per heavy atom. The first-order valence-corrected chi connectivity index (χ1v) is 13.1. The molecule has 31 heavy (non-hydrogen) atoms. The third-order valence-corrected chi connectivity index (χ3v) is 12.0. The third kappa shape index (κ3) is 2.71. The number of aliphatic hydroxyl groups is 1. The number of hydrogen-bond acceptors (Lipinski definition) is 1. The van der Waals surface area contributed by atoms with Crippen molar-refractivity contribution in [2.45, 2.75) is 99.8 Å². The van der Waals surface area contributed by atoms with Crippen LogP contribution in [-0.4, -0.2) is 11.7 Å². The van der Waals surface area contributed by atoms with E-state index in [1.807, 2.05) is 0 Å². The summed E-state index contributed by atoms with van der Waals surface area (Å²) in [5.41, 5.74) is 5.09. The summed E-state index contributed by atoms with van der Waals surface area (Å²) >= 11 is 0. The lowest BCUT2D eigenvalue weighted by Crippen LogP contribution is -2.58. The molecule has 0 aliphatic heterocycles. The molecule has 0 heterocycles. The molecular formula is C30H46O. The highest BCUT2D eigenvalue weighted by molar-refractivity contribution is 5.46. The first-order valence-electron chi connectivity index (χ1n) is 13.1. The largest absolute Gasteiger partial charge is 0.396 e. The molecular weight excluding hydrogens is 376 g/mol. The Hall–Kier alpha value is -0.820. The first kappa shape index (κ1) is 22.0. The zero-order valence-corrected chi connectivity index (χ0v) is 21.3. The minimum absolute atomic E-state index is 0.0932. The standard InChI is InChI=1S/C30H46O/c1-25(2)12-8-13-28(5)23(25)11-14-30(7)24(28)10-9-21-22-19-26(3,20-31)15-16-27(22,4)17-18-29(21,30)6/h8-10,12,22-23,31H,11,13-20H2,1-7H3/t22?,23?,26-,27+,28-,29+,30+/m0/s1. The molecule has 0 aromatic rings. The molecule has 5 aliphatic rings. The molecule has 1 nitrogen and oxygen atoms in total. The van der Waals surface area contributed by atoms with Gasteiger partial charge in [0.2, 0.25) is 0 Å². The van der Waals surface area contributed by atoms with Crippen molar-refractivity contribution in [3.8, 4) is 0 Å².